The van der Waals surface area contributed by atoms with Crippen LogP contribution in [0.1, 0.15) is 51.4 Å². The number of benzene rings is 1. The molecule has 0 unspecified atom stereocenters. The van der Waals surface area contributed by atoms with E-state index in [-0.39, 0.29) is 12.5 Å². The molecular weight excluding hydrogens is 406 g/mol. The fourth-order valence-electron chi connectivity index (χ4n) is 3.74. The van der Waals surface area contributed by atoms with E-state index in [4.69, 9.17) is 21.1 Å². The fraction of sp³-hybridized carbons (Fsp3) is 0.455. The highest BCUT2D eigenvalue weighted by molar-refractivity contribution is 6.33. The first-order chi connectivity index (χ1) is 14.4. The molecule has 2 heterocycles. The number of carbonyl (C=O) groups is 2. The number of aromatic amines is 1. The monoisotopic (exact) mass is 433 g/mol. The van der Waals surface area contributed by atoms with Crippen molar-refractivity contribution in [3.8, 4) is 0 Å². The van der Waals surface area contributed by atoms with Gasteiger partial charge in [0.15, 0.2) is 0 Å². The summed E-state index contributed by atoms with van der Waals surface area (Å²) in [4.78, 5) is 30.4. The summed E-state index contributed by atoms with van der Waals surface area (Å²) >= 11 is 6.48. The maximum Gasteiger partial charge on any atom is 0.340 e. The molecule has 1 fully saturated rings. The van der Waals surface area contributed by atoms with Crippen molar-refractivity contribution < 1.29 is 19.1 Å². The number of esters is 1. The van der Waals surface area contributed by atoms with E-state index in [0.29, 0.717) is 39.8 Å². The molecule has 0 saturated carbocycles. The van der Waals surface area contributed by atoms with Crippen LogP contribution in [-0.2, 0) is 9.47 Å². The molecule has 1 saturated heterocycles. The molecule has 1 aliphatic heterocycles. The lowest BCUT2D eigenvalue weighted by molar-refractivity contribution is 0.0387. The number of halogens is 1. The molecule has 1 aromatic carbocycles. The van der Waals surface area contributed by atoms with Gasteiger partial charge in [-0.2, -0.15) is 0 Å². The number of methoxy groups -OCH3 is 1. The average Bonchev–Trinajstić information content (AvgIpc) is 3.03. The number of aryl methyl sites for hydroxylation is 1. The highest BCUT2D eigenvalue weighted by Gasteiger charge is 2.23. The molecule has 162 valence electrons. The minimum Gasteiger partial charge on any atom is -0.460 e. The van der Waals surface area contributed by atoms with Crippen LogP contribution >= 0.6 is 11.6 Å². The van der Waals surface area contributed by atoms with Crippen LogP contribution in [0, 0.1) is 13.8 Å². The average molecular weight is 434 g/mol. The van der Waals surface area contributed by atoms with Gasteiger partial charge in [0.1, 0.15) is 12.3 Å². The number of aromatic nitrogens is 1. The maximum absolute atomic E-state index is 12.8. The van der Waals surface area contributed by atoms with Gasteiger partial charge in [0.05, 0.1) is 22.9 Å². The van der Waals surface area contributed by atoms with E-state index >= 15 is 0 Å². The normalized spacial score (nSPS) is 13.9. The number of nitrogens with one attached hydrogen (secondary N) is 2. The van der Waals surface area contributed by atoms with E-state index in [2.05, 4.69) is 15.2 Å². The summed E-state index contributed by atoms with van der Waals surface area (Å²) in [6.07, 6.45) is 3.58. The zero-order chi connectivity index (χ0) is 21.7. The molecule has 1 aromatic heterocycles. The highest BCUT2D eigenvalue weighted by Crippen LogP contribution is 2.31. The zero-order valence-electron chi connectivity index (χ0n) is 17.6. The Morgan fingerprint density at radius 3 is 2.57 bits per heavy atom. The molecule has 1 amide bonds. The fourth-order valence-corrected chi connectivity index (χ4v) is 4.04. The minimum atomic E-state index is -0.480. The number of hydrogen-bond donors (Lipinski definition) is 2. The van der Waals surface area contributed by atoms with E-state index in [1.165, 1.54) is 13.5 Å². The van der Waals surface area contributed by atoms with Gasteiger partial charge < -0.3 is 24.7 Å². The summed E-state index contributed by atoms with van der Waals surface area (Å²) in [6, 6.07) is 5.54. The Balaban J connectivity index is 1.72. The van der Waals surface area contributed by atoms with Crippen molar-refractivity contribution in [3.05, 3.63) is 45.7 Å². The Labute approximate surface area is 181 Å². The van der Waals surface area contributed by atoms with Gasteiger partial charge in [-0.25, -0.2) is 4.79 Å². The number of nitrogens with zero attached hydrogens (tertiary/aromatic N) is 1. The summed E-state index contributed by atoms with van der Waals surface area (Å²) in [5, 5.41) is 3.46. The van der Waals surface area contributed by atoms with Gasteiger partial charge in [-0.15, -0.1) is 0 Å². The lowest BCUT2D eigenvalue weighted by atomic mass is 10.1. The molecule has 7 nitrogen and oxygen atoms in total. The van der Waals surface area contributed by atoms with Crippen LogP contribution in [0.2, 0.25) is 5.02 Å². The van der Waals surface area contributed by atoms with Crippen molar-refractivity contribution in [2.45, 2.75) is 33.1 Å². The van der Waals surface area contributed by atoms with Crippen molar-refractivity contribution in [3.63, 3.8) is 0 Å². The third-order valence-electron chi connectivity index (χ3n) is 5.29. The molecule has 2 aromatic rings. The number of carbonyl (C=O) groups excluding carboxylic acids is 2. The van der Waals surface area contributed by atoms with Gasteiger partial charge in [-0.1, -0.05) is 11.6 Å². The Morgan fingerprint density at radius 1 is 1.17 bits per heavy atom. The van der Waals surface area contributed by atoms with Crippen molar-refractivity contribution in [2.75, 3.05) is 43.6 Å². The standard InChI is InChI=1S/C22H28ClN3O4/c1-14-19(22(28)30-12-11-29-3)15(2)24-20(14)21(27)25-16-7-8-18(17(23)13-16)26-9-5-4-6-10-26/h7-8,13,24H,4-6,9-12H2,1-3H3,(H,25,27). The molecule has 1 aliphatic rings. The Bertz CT molecular complexity index is 919. The van der Waals surface area contributed by atoms with E-state index in [1.807, 2.05) is 12.1 Å². The summed E-state index contributed by atoms with van der Waals surface area (Å²) in [7, 11) is 1.54. The quantitative estimate of drug-likeness (QED) is 0.501. The number of ether oxygens (including phenoxy) is 2. The van der Waals surface area contributed by atoms with Crippen LogP contribution in [0.25, 0.3) is 0 Å². The molecule has 30 heavy (non-hydrogen) atoms. The minimum absolute atomic E-state index is 0.156. The Hall–Kier alpha value is -2.51. The lowest BCUT2D eigenvalue weighted by Gasteiger charge is -2.29. The van der Waals surface area contributed by atoms with Gasteiger partial charge >= 0.3 is 5.97 Å². The number of amides is 1. The summed E-state index contributed by atoms with van der Waals surface area (Å²) in [5.41, 5.74) is 3.41. The summed E-state index contributed by atoms with van der Waals surface area (Å²) < 4.78 is 10.1. The first kappa shape index (κ1) is 22.2. The summed E-state index contributed by atoms with van der Waals surface area (Å²) in [6.45, 7) is 5.92. The molecule has 3 rings (SSSR count). The first-order valence-corrected chi connectivity index (χ1v) is 10.5. The van der Waals surface area contributed by atoms with Gasteiger partial charge in [0.2, 0.25) is 0 Å². The Kier molecular flexibility index (Phi) is 7.39. The Morgan fingerprint density at radius 2 is 1.90 bits per heavy atom. The van der Waals surface area contributed by atoms with Crippen molar-refractivity contribution in [1.29, 1.82) is 0 Å². The van der Waals surface area contributed by atoms with Crippen LogP contribution in [-0.4, -0.2) is 50.3 Å². The molecular formula is C22H28ClN3O4. The molecule has 0 bridgehead atoms. The maximum atomic E-state index is 12.8. The van der Waals surface area contributed by atoms with Crippen LogP contribution in [0.3, 0.4) is 0 Å². The highest BCUT2D eigenvalue weighted by atomic mass is 35.5. The third-order valence-corrected chi connectivity index (χ3v) is 5.59. The van der Waals surface area contributed by atoms with Crippen molar-refractivity contribution >= 4 is 34.9 Å². The predicted molar refractivity (Wildman–Crippen MR) is 118 cm³/mol. The number of anilines is 2. The second-order valence-corrected chi connectivity index (χ2v) is 7.83. The van der Waals surface area contributed by atoms with E-state index < -0.39 is 5.97 Å². The molecule has 0 aliphatic carbocycles. The summed E-state index contributed by atoms with van der Waals surface area (Å²) in [5.74, 6) is -0.820. The van der Waals surface area contributed by atoms with Gasteiger partial charge in [-0.3, -0.25) is 4.79 Å². The van der Waals surface area contributed by atoms with E-state index in [0.717, 1.165) is 31.6 Å². The largest absolute Gasteiger partial charge is 0.460 e. The number of hydrogen-bond acceptors (Lipinski definition) is 5. The zero-order valence-corrected chi connectivity index (χ0v) is 18.4. The second-order valence-electron chi connectivity index (χ2n) is 7.42. The molecule has 2 N–H and O–H groups in total. The van der Waals surface area contributed by atoms with Crippen molar-refractivity contribution in [2.24, 2.45) is 0 Å². The molecule has 0 atom stereocenters. The van der Waals surface area contributed by atoms with E-state index in [9.17, 15) is 9.59 Å². The lowest BCUT2D eigenvalue weighted by Crippen LogP contribution is -2.29. The van der Waals surface area contributed by atoms with Crippen molar-refractivity contribution in [1.82, 2.24) is 4.98 Å². The predicted octanol–water partition coefficient (Wildman–Crippen LogP) is 4.33. The van der Waals surface area contributed by atoms with Gasteiger partial charge in [-0.05, 0) is 56.9 Å². The van der Waals surface area contributed by atoms with E-state index in [1.54, 1.807) is 19.9 Å². The smallest absolute Gasteiger partial charge is 0.340 e. The first-order valence-electron chi connectivity index (χ1n) is 10.1. The van der Waals surface area contributed by atoms with Crippen LogP contribution in [0.15, 0.2) is 18.2 Å². The second kappa shape index (κ2) is 10.00. The van der Waals surface area contributed by atoms with Gasteiger partial charge in [0.25, 0.3) is 5.91 Å². The SMILES string of the molecule is COCCOC(=O)c1c(C)[nH]c(C(=O)Nc2ccc(N3CCCCC3)c(Cl)c2)c1C. The number of rotatable bonds is 7. The van der Waals surface area contributed by atoms with Crippen LogP contribution < -0.4 is 10.2 Å². The molecule has 8 heteroatoms. The van der Waals surface area contributed by atoms with Gasteiger partial charge in [0, 0.05) is 31.6 Å². The number of piperidine rings is 1. The topological polar surface area (TPSA) is 83.7 Å². The molecule has 0 spiro atoms. The molecule has 0 radical (unpaired) electrons. The third kappa shape index (κ3) is 4.96. The number of H-pyrrole nitrogens is 1. The van der Waals surface area contributed by atoms with Crippen LogP contribution in [0.4, 0.5) is 11.4 Å². The van der Waals surface area contributed by atoms with Crippen LogP contribution in [0.5, 0.6) is 0 Å².